The number of aromatic nitrogens is 1. The maximum Gasteiger partial charge on any atom is 0.345 e. The van der Waals surface area contributed by atoms with Gasteiger partial charge in [-0.1, -0.05) is 29.8 Å². The van der Waals surface area contributed by atoms with Crippen molar-refractivity contribution in [2.24, 2.45) is 0 Å². The van der Waals surface area contributed by atoms with Gasteiger partial charge in [-0.2, -0.15) is 0 Å². The molecule has 8 nitrogen and oxygen atoms in total. The van der Waals surface area contributed by atoms with Crippen molar-refractivity contribution in [1.82, 2.24) is 15.2 Å². The zero-order chi connectivity index (χ0) is 20.6. The Balaban J connectivity index is 1.74. The van der Waals surface area contributed by atoms with E-state index in [1.165, 1.54) is 23.2 Å². The highest BCUT2D eigenvalue weighted by atomic mass is 35.5. The average molecular weight is 431 g/mol. The molecule has 29 heavy (non-hydrogen) atoms. The van der Waals surface area contributed by atoms with Crippen molar-refractivity contribution < 1.29 is 13.3 Å². The van der Waals surface area contributed by atoms with Crippen LogP contribution >= 0.6 is 11.6 Å². The van der Waals surface area contributed by atoms with E-state index in [0.717, 1.165) is 5.56 Å². The molecule has 0 bridgehead atoms. The highest BCUT2D eigenvalue weighted by Crippen LogP contribution is 2.36. The maximum absolute atomic E-state index is 12.8. The molecule has 148 valence electrons. The second-order valence-corrected chi connectivity index (χ2v) is 8.86. The standard InChI is InChI=1S/C19H15ClN4O4S/c20-14-10-16(13-6-8-21-9-7-13)18-22-17(19(24(25)26)23(18)11-14)12-29(27,28)15-4-2-1-3-5-15/h1-11,18,22H,12H2. The van der Waals surface area contributed by atoms with Crippen LogP contribution in [-0.4, -0.2) is 35.1 Å². The van der Waals surface area contributed by atoms with Gasteiger partial charge in [0.25, 0.3) is 0 Å². The smallest absolute Gasteiger partial charge is 0.345 e. The van der Waals surface area contributed by atoms with Gasteiger partial charge in [-0.3, -0.25) is 4.98 Å². The fraction of sp³-hybridized carbons (Fsp3) is 0.105. The average Bonchev–Trinajstić information content (AvgIpc) is 3.05. The van der Waals surface area contributed by atoms with Crippen LogP contribution in [0.1, 0.15) is 5.56 Å². The van der Waals surface area contributed by atoms with E-state index in [4.69, 9.17) is 11.6 Å². The van der Waals surface area contributed by atoms with Crippen LogP contribution in [0.25, 0.3) is 5.57 Å². The fourth-order valence-electron chi connectivity index (χ4n) is 3.34. The normalized spacial score (nSPS) is 18.7. The van der Waals surface area contributed by atoms with Crippen LogP contribution in [0, 0.1) is 10.1 Å². The number of allylic oxidation sites excluding steroid dienone is 2. The number of benzene rings is 1. The fourth-order valence-corrected chi connectivity index (χ4v) is 4.89. The molecule has 2 aromatic rings. The molecule has 0 fully saturated rings. The molecule has 10 heteroatoms. The summed E-state index contributed by atoms with van der Waals surface area (Å²) < 4.78 is 25.6. The molecular weight excluding hydrogens is 416 g/mol. The monoisotopic (exact) mass is 430 g/mol. The lowest BCUT2D eigenvalue weighted by molar-refractivity contribution is -0.443. The quantitative estimate of drug-likeness (QED) is 0.574. The van der Waals surface area contributed by atoms with Crippen molar-refractivity contribution in [2.45, 2.75) is 11.1 Å². The summed E-state index contributed by atoms with van der Waals surface area (Å²) >= 11 is 6.21. The third-order valence-corrected chi connectivity index (χ3v) is 6.44. The third-order valence-electron chi connectivity index (χ3n) is 4.58. The lowest BCUT2D eigenvalue weighted by Gasteiger charge is -2.24. The van der Waals surface area contributed by atoms with E-state index in [0.29, 0.717) is 10.6 Å². The Bertz CT molecular complexity index is 1160. The van der Waals surface area contributed by atoms with Crippen molar-refractivity contribution in [1.29, 1.82) is 0 Å². The minimum Gasteiger partial charge on any atom is -0.358 e. The van der Waals surface area contributed by atoms with Gasteiger partial charge in [0.15, 0.2) is 16.0 Å². The number of pyridine rings is 1. The Kier molecular flexibility index (Phi) is 4.85. The number of fused-ring (bicyclic) bond motifs is 1. The van der Waals surface area contributed by atoms with Crippen LogP contribution in [0.4, 0.5) is 0 Å². The van der Waals surface area contributed by atoms with E-state index < -0.39 is 26.7 Å². The maximum atomic E-state index is 12.8. The second-order valence-electron chi connectivity index (χ2n) is 6.44. The van der Waals surface area contributed by atoms with Crippen molar-refractivity contribution in [3.63, 3.8) is 0 Å². The Hall–Kier alpha value is -3.17. The van der Waals surface area contributed by atoms with Crippen molar-refractivity contribution in [3.8, 4) is 0 Å². The minimum atomic E-state index is -3.78. The first-order valence-corrected chi connectivity index (χ1v) is 10.6. The molecule has 3 heterocycles. The van der Waals surface area contributed by atoms with Gasteiger partial charge >= 0.3 is 5.82 Å². The molecule has 0 saturated carbocycles. The molecule has 1 N–H and O–H groups in total. The molecule has 1 aromatic carbocycles. The molecule has 1 aromatic heterocycles. The lowest BCUT2D eigenvalue weighted by atomic mass is 10.0. The van der Waals surface area contributed by atoms with Crippen LogP contribution in [0.15, 0.2) is 88.6 Å². The van der Waals surface area contributed by atoms with Gasteiger partial charge in [0.1, 0.15) is 17.6 Å². The van der Waals surface area contributed by atoms with Gasteiger partial charge in [0.2, 0.25) is 0 Å². The first-order valence-electron chi connectivity index (χ1n) is 8.56. The summed E-state index contributed by atoms with van der Waals surface area (Å²) in [7, 11) is -3.78. The van der Waals surface area contributed by atoms with Gasteiger partial charge in [0, 0.05) is 18.0 Å². The molecule has 1 atom stereocenters. The van der Waals surface area contributed by atoms with Crippen molar-refractivity contribution in [2.75, 3.05) is 5.75 Å². The molecule has 0 radical (unpaired) electrons. The van der Waals surface area contributed by atoms with Crippen LogP contribution in [0.5, 0.6) is 0 Å². The van der Waals surface area contributed by atoms with Crippen LogP contribution in [0.2, 0.25) is 0 Å². The molecule has 0 saturated heterocycles. The Morgan fingerprint density at radius 2 is 1.86 bits per heavy atom. The first-order chi connectivity index (χ1) is 13.9. The molecular formula is C19H15ClN4O4S. The predicted octanol–water partition coefficient (Wildman–Crippen LogP) is 2.71. The van der Waals surface area contributed by atoms with Crippen LogP contribution < -0.4 is 5.32 Å². The summed E-state index contributed by atoms with van der Waals surface area (Å²) in [5.41, 5.74) is 1.45. The number of hydrogen-bond donors (Lipinski definition) is 1. The summed E-state index contributed by atoms with van der Waals surface area (Å²) in [5, 5.41) is 15.1. The van der Waals surface area contributed by atoms with Gasteiger partial charge in [-0.05, 0) is 40.8 Å². The Morgan fingerprint density at radius 1 is 1.17 bits per heavy atom. The van der Waals surface area contributed by atoms with Gasteiger partial charge < -0.3 is 15.4 Å². The summed E-state index contributed by atoms with van der Waals surface area (Å²) in [6, 6.07) is 11.3. The molecule has 2 aliphatic heterocycles. The largest absolute Gasteiger partial charge is 0.358 e. The predicted molar refractivity (Wildman–Crippen MR) is 107 cm³/mol. The van der Waals surface area contributed by atoms with E-state index in [2.05, 4.69) is 10.3 Å². The minimum absolute atomic E-state index is 0.00595. The number of halogens is 1. The van der Waals surface area contributed by atoms with E-state index in [-0.39, 0.29) is 16.4 Å². The molecule has 0 amide bonds. The second kappa shape index (κ2) is 7.34. The topological polar surface area (TPSA) is 105 Å². The van der Waals surface area contributed by atoms with Crippen molar-refractivity contribution in [3.05, 3.63) is 99.4 Å². The van der Waals surface area contributed by atoms with E-state index in [1.807, 2.05) is 0 Å². The molecule has 0 spiro atoms. The summed E-state index contributed by atoms with van der Waals surface area (Å²) in [4.78, 5) is 16.6. The highest BCUT2D eigenvalue weighted by Gasteiger charge is 2.45. The number of sulfone groups is 1. The molecule has 4 rings (SSSR count). The zero-order valence-electron chi connectivity index (χ0n) is 14.9. The van der Waals surface area contributed by atoms with Gasteiger partial charge in [-0.15, -0.1) is 0 Å². The Morgan fingerprint density at radius 3 is 2.52 bits per heavy atom. The van der Waals surface area contributed by atoms with E-state index >= 15 is 0 Å². The lowest BCUT2D eigenvalue weighted by Crippen LogP contribution is -2.38. The highest BCUT2D eigenvalue weighted by molar-refractivity contribution is 7.91. The SMILES string of the molecule is O=[N+]([O-])C1=C(CS(=O)(=O)c2ccccc2)NC2C(c3ccncc3)=CC(Cl)=CN12. The van der Waals surface area contributed by atoms with Crippen molar-refractivity contribution >= 4 is 27.0 Å². The van der Waals surface area contributed by atoms with E-state index in [9.17, 15) is 18.5 Å². The van der Waals surface area contributed by atoms with E-state index in [1.54, 1.807) is 48.8 Å². The van der Waals surface area contributed by atoms with Gasteiger partial charge in [-0.25, -0.2) is 13.3 Å². The zero-order valence-corrected chi connectivity index (χ0v) is 16.5. The summed E-state index contributed by atoms with van der Waals surface area (Å²) in [6.07, 6.45) is 5.66. The van der Waals surface area contributed by atoms with Crippen LogP contribution in [0.3, 0.4) is 0 Å². The number of rotatable bonds is 5. The van der Waals surface area contributed by atoms with Gasteiger partial charge in [0.05, 0.1) is 9.93 Å². The first kappa shape index (κ1) is 19.2. The summed E-state index contributed by atoms with van der Waals surface area (Å²) in [6.45, 7) is 0. The summed E-state index contributed by atoms with van der Waals surface area (Å²) in [5.74, 6) is -0.873. The number of nitrogens with one attached hydrogen (secondary N) is 1. The molecule has 0 aliphatic carbocycles. The number of hydrogen-bond acceptors (Lipinski definition) is 7. The number of nitrogens with zero attached hydrogens (tertiary/aromatic N) is 3. The molecule has 1 unspecified atom stereocenters. The van der Waals surface area contributed by atoms with Crippen LogP contribution in [-0.2, 0) is 9.84 Å². The molecule has 2 aliphatic rings. The Labute approximate surface area is 171 Å². The third kappa shape index (κ3) is 3.62. The number of nitro groups is 1.